The number of carboxylic acid groups (broad SMARTS) is 1. The van der Waals surface area contributed by atoms with Gasteiger partial charge in [0.25, 0.3) is 6.47 Å². The molecule has 0 heterocycles. The molecular weight excluding hydrogens is 152 g/mol. The van der Waals surface area contributed by atoms with Gasteiger partial charge in [0.05, 0.1) is 19.8 Å². The Morgan fingerprint density at radius 1 is 1.18 bits per heavy atom. The predicted molar refractivity (Wildman–Crippen MR) is 38.1 cm³/mol. The van der Waals surface area contributed by atoms with E-state index in [1.54, 1.807) is 6.92 Å². The number of aliphatic hydroxyl groups excluding tert-OH is 3. The third kappa shape index (κ3) is 7.24. The van der Waals surface area contributed by atoms with E-state index in [-0.39, 0.29) is 26.3 Å². The van der Waals surface area contributed by atoms with Gasteiger partial charge in [-0.2, -0.15) is 0 Å². The van der Waals surface area contributed by atoms with Crippen molar-refractivity contribution in [3.05, 3.63) is 0 Å². The van der Waals surface area contributed by atoms with Crippen LogP contribution < -0.4 is 0 Å². The number of rotatable bonds is 3. The van der Waals surface area contributed by atoms with E-state index in [0.717, 1.165) is 0 Å². The lowest BCUT2D eigenvalue weighted by molar-refractivity contribution is -0.122. The summed E-state index contributed by atoms with van der Waals surface area (Å²) in [5, 5.41) is 32.3. The SMILES string of the molecule is CC(CO)(CO)CO.O=CO. The molecule has 5 heteroatoms. The summed E-state index contributed by atoms with van der Waals surface area (Å²) in [5.41, 5.74) is -0.708. The molecule has 0 aliphatic rings. The first-order chi connectivity index (χ1) is 5.10. The average molecular weight is 166 g/mol. The summed E-state index contributed by atoms with van der Waals surface area (Å²) in [7, 11) is 0. The molecule has 0 aliphatic carbocycles. The second-order valence-electron chi connectivity index (χ2n) is 2.39. The lowest BCUT2D eigenvalue weighted by Gasteiger charge is -2.20. The summed E-state index contributed by atoms with van der Waals surface area (Å²) in [5.74, 6) is 0. The van der Waals surface area contributed by atoms with E-state index in [4.69, 9.17) is 25.2 Å². The van der Waals surface area contributed by atoms with E-state index in [2.05, 4.69) is 0 Å². The Labute approximate surface area is 64.9 Å². The molecule has 0 aliphatic heterocycles. The van der Waals surface area contributed by atoms with Crippen molar-refractivity contribution < 1.29 is 25.2 Å². The molecule has 0 amide bonds. The highest BCUT2D eigenvalue weighted by Crippen LogP contribution is 2.10. The Bertz CT molecular complexity index is 80.7. The number of hydrogen-bond donors (Lipinski definition) is 4. The number of hydrogen-bond acceptors (Lipinski definition) is 4. The molecule has 0 bridgehead atoms. The van der Waals surface area contributed by atoms with Gasteiger partial charge in [-0.1, -0.05) is 6.92 Å². The maximum Gasteiger partial charge on any atom is 0.290 e. The fraction of sp³-hybridized carbons (Fsp3) is 0.833. The normalized spacial score (nSPS) is 9.82. The summed E-state index contributed by atoms with van der Waals surface area (Å²) in [6.45, 7) is 0.812. The molecule has 68 valence electrons. The lowest BCUT2D eigenvalue weighted by Crippen LogP contribution is -2.29. The topological polar surface area (TPSA) is 98.0 Å². The van der Waals surface area contributed by atoms with E-state index in [9.17, 15) is 0 Å². The fourth-order valence-corrected chi connectivity index (χ4v) is 0.150. The van der Waals surface area contributed by atoms with Gasteiger partial charge in [0.2, 0.25) is 0 Å². The van der Waals surface area contributed by atoms with E-state index in [1.807, 2.05) is 0 Å². The van der Waals surface area contributed by atoms with Gasteiger partial charge in [-0.25, -0.2) is 0 Å². The highest BCUT2D eigenvalue weighted by Gasteiger charge is 2.20. The van der Waals surface area contributed by atoms with Gasteiger partial charge in [0.15, 0.2) is 0 Å². The van der Waals surface area contributed by atoms with E-state index in [1.165, 1.54) is 0 Å². The average Bonchev–Trinajstić information content (AvgIpc) is 2.05. The summed E-state index contributed by atoms with van der Waals surface area (Å²) in [6, 6.07) is 0. The van der Waals surface area contributed by atoms with Gasteiger partial charge in [-0.05, 0) is 0 Å². The van der Waals surface area contributed by atoms with Crippen LogP contribution in [-0.2, 0) is 4.79 Å². The van der Waals surface area contributed by atoms with Crippen molar-refractivity contribution >= 4 is 6.47 Å². The van der Waals surface area contributed by atoms with Crippen molar-refractivity contribution in [3.63, 3.8) is 0 Å². The first-order valence-corrected chi connectivity index (χ1v) is 3.00. The molecule has 0 aromatic carbocycles. The maximum absolute atomic E-state index is 8.47. The van der Waals surface area contributed by atoms with Crippen molar-refractivity contribution in [2.45, 2.75) is 6.92 Å². The van der Waals surface area contributed by atoms with E-state index < -0.39 is 5.41 Å². The molecule has 0 unspecified atom stereocenters. The first kappa shape index (κ1) is 13.0. The molecule has 0 spiro atoms. The maximum atomic E-state index is 8.47. The highest BCUT2D eigenvalue weighted by atomic mass is 16.3. The van der Waals surface area contributed by atoms with Crippen LogP contribution in [0.3, 0.4) is 0 Å². The van der Waals surface area contributed by atoms with Crippen LogP contribution in [-0.4, -0.2) is 46.7 Å². The van der Waals surface area contributed by atoms with Gasteiger partial charge in [0.1, 0.15) is 0 Å². The van der Waals surface area contributed by atoms with Crippen LogP contribution in [0.2, 0.25) is 0 Å². The zero-order valence-corrected chi connectivity index (χ0v) is 6.40. The van der Waals surface area contributed by atoms with Crippen molar-refractivity contribution in [1.29, 1.82) is 0 Å². The Morgan fingerprint density at radius 3 is 1.36 bits per heavy atom. The second kappa shape index (κ2) is 7.46. The molecule has 5 nitrogen and oxygen atoms in total. The van der Waals surface area contributed by atoms with Gasteiger partial charge in [-0.15, -0.1) is 0 Å². The van der Waals surface area contributed by atoms with Gasteiger partial charge < -0.3 is 20.4 Å². The van der Waals surface area contributed by atoms with Crippen LogP contribution in [0.1, 0.15) is 6.92 Å². The van der Waals surface area contributed by atoms with Crippen molar-refractivity contribution in [2.75, 3.05) is 19.8 Å². The predicted octanol–water partition coefficient (Wildman–Crippen LogP) is -1.33. The number of aliphatic hydroxyl groups is 3. The Hall–Kier alpha value is -0.650. The molecule has 0 aromatic heterocycles. The van der Waals surface area contributed by atoms with Crippen LogP contribution in [0.4, 0.5) is 0 Å². The highest BCUT2D eigenvalue weighted by molar-refractivity contribution is 5.32. The van der Waals surface area contributed by atoms with E-state index in [0.29, 0.717) is 0 Å². The smallest absolute Gasteiger partial charge is 0.290 e. The summed E-state index contributed by atoms with van der Waals surface area (Å²) >= 11 is 0. The molecule has 0 rings (SSSR count). The molecule has 0 fully saturated rings. The molecule has 11 heavy (non-hydrogen) atoms. The molecular formula is C6H14O5. The van der Waals surface area contributed by atoms with Crippen LogP contribution in [0.25, 0.3) is 0 Å². The van der Waals surface area contributed by atoms with Crippen molar-refractivity contribution in [3.8, 4) is 0 Å². The minimum Gasteiger partial charge on any atom is -0.483 e. The van der Waals surface area contributed by atoms with Crippen LogP contribution >= 0.6 is 0 Å². The van der Waals surface area contributed by atoms with Crippen LogP contribution in [0.5, 0.6) is 0 Å². The summed E-state index contributed by atoms with van der Waals surface area (Å²) in [6.07, 6.45) is 0. The Balaban J connectivity index is 0. The third-order valence-electron chi connectivity index (χ3n) is 1.15. The third-order valence-corrected chi connectivity index (χ3v) is 1.15. The van der Waals surface area contributed by atoms with Crippen LogP contribution in [0.15, 0.2) is 0 Å². The lowest BCUT2D eigenvalue weighted by atomic mass is 9.95. The van der Waals surface area contributed by atoms with Gasteiger partial charge in [-0.3, -0.25) is 4.79 Å². The molecule has 0 radical (unpaired) electrons. The standard InChI is InChI=1S/C5H12O3.CH2O2/c1-5(2-6,3-7)4-8;2-1-3/h6-8H,2-4H2,1H3;1H,(H,2,3). The fourth-order valence-electron chi connectivity index (χ4n) is 0.150. The zero-order chi connectivity index (χ0) is 9.33. The monoisotopic (exact) mass is 166 g/mol. The second-order valence-corrected chi connectivity index (χ2v) is 2.39. The minimum atomic E-state index is -0.708. The molecule has 4 N–H and O–H groups in total. The van der Waals surface area contributed by atoms with E-state index >= 15 is 0 Å². The largest absolute Gasteiger partial charge is 0.483 e. The van der Waals surface area contributed by atoms with Crippen molar-refractivity contribution in [2.24, 2.45) is 5.41 Å². The Kier molecular flexibility index (Phi) is 8.80. The summed E-state index contributed by atoms with van der Waals surface area (Å²) in [4.78, 5) is 8.36. The quantitative estimate of drug-likeness (QED) is 0.389. The zero-order valence-electron chi connectivity index (χ0n) is 6.40. The minimum absolute atomic E-state index is 0.181. The molecule has 0 saturated heterocycles. The van der Waals surface area contributed by atoms with Crippen LogP contribution in [0, 0.1) is 5.41 Å². The first-order valence-electron chi connectivity index (χ1n) is 3.00. The Morgan fingerprint density at radius 2 is 1.36 bits per heavy atom. The molecule has 0 atom stereocenters. The van der Waals surface area contributed by atoms with Gasteiger partial charge in [0, 0.05) is 5.41 Å². The van der Waals surface area contributed by atoms with Crippen molar-refractivity contribution in [1.82, 2.24) is 0 Å². The van der Waals surface area contributed by atoms with Gasteiger partial charge >= 0.3 is 0 Å². The molecule has 0 aromatic rings. The summed E-state index contributed by atoms with van der Waals surface area (Å²) < 4.78 is 0. The number of carbonyl (C=O) groups is 1. The molecule has 0 saturated carbocycles.